The summed E-state index contributed by atoms with van der Waals surface area (Å²) in [7, 11) is 0. The Morgan fingerprint density at radius 1 is 1.75 bits per heavy atom. The molecule has 0 bridgehead atoms. The highest BCUT2D eigenvalue weighted by Gasteiger charge is 1.86. The highest BCUT2D eigenvalue weighted by atomic mass is 32.1. The van der Waals surface area contributed by atoms with E-state index in [9.17, 15) is 0 Å². The molecule has 0 aliphatic carbocycles. The molecule has 0 radical (unpaired) electrons. The van der Waals surface area contributed by atoms with E-state index >= 15 is 0 Å². The number of hydrogen-bond acceptors (Lipinski definition) is 3. The second kappa shape index (κ2) is 2.89. The molecule has 1 aromatic rings. The fourth-order valence-electron chi connectivity index (χ4n) is 0.457. The summed E-state index contributed by atoms with van der Waals surface area (Å²) in [6.07, 6.45) is 0. The van der Waals surface area contributed by atoms with Gasteiger partial charge < -0.3 is 0 Å². The number of rotatable bonds is 2. The van der Waals surface area contributed by atoms with Crippen LogP contribution < -0.4 is 0 Å². The first-order valence-electron chi connectivity index (χ1n) is 2.23. The van der Waals surface area contributed by atoms with Gasteiger partial charge in [0.1, 0.15) is 0 Å². The molecule has 0 spiro atoms. The van der Waals surface area contributed by atoms with E-state index in [0.29, 0.717) is 6.54 Å². The molecule has 0 saturated carbocycles. The monoisotopic (exact) mass is 143 g/mol. The summed E-state index contributed by atoms with van der Waals surface area (Å²) in [5, 5.41) is 4.08. The van der Waals surface area contributed by atoms with Gasteiger partial charge in [-0.1, -0.05) is 0 Å². The van der Waals surface area contributed by atoms with Crippen molar-refractivity contribution in [2.24, 2.45) is 4.36 Å². The molecule has 0 atom stereocenters. The molecule has 0 aliphatic heterocycles. The summed E-state index contributed by atoms with van der Waals surface area (Å²) in [6.45, 7) is 0.679. The SMILES string of the molecule is S=NCc1ccsc1. The van der Waals surface area contributed by atoms with Crippen LogP contribution in [0.25, 0.3) is 0 Å². The van der Waals surface area contributed by atoms with Gasteiger partial charge in [0.15, 0.2) is 0 Å². The van der Waals surface area contributed by atoms with E-state index in [1.807, 2.05) is 11.4 Å². The lowest BCUT2D eigenvalue weighted by atomic mass is 10.4. The van der Waals surface area contributed by atoms with Gasteiger partial charge in [-0.05, 0) is 22.4 Å². The van der Waals surface area contributed by atoms with Gasteiger partial charge in [0.05, 0.1) is 6.54 Å². The zero-order valence-corrected chi connectivity index (χ0v) is 5.84. The van der Waals surface area contributed by atoms with Gasteiger partial charge in [0, 0.05) is 12.4 Å². The number of hydrogen-bond donors (Lipinski definition) is 0. The summed E-state index contributed by atoms with van der Waals surface area (Å²) in [5.74, 6) is 0. The molecular formula is C5H5NS2. The first kappa shape index (κ1) is 5.85. The first-order chi connectivity index (χ1) is 3.93. The summed E-state index contributed by atoms with van der Waals surface area (Å²) >= 11 is 6.10. The first-order valence-corrected chi connectivity index (χ1v) is 3.54. The van der Waals surface area contributed by atoms with Crippen LogP contribution in [0.5, 0.6) is 0 Å². The van der Waals surface area contributed by atoms with Crippen molar-refractivity contribution in [3.05, 3.63) is 22.4 Å². The molecule has 0 aromatic carbocycles. The van der Waals surface area contributed by atoms with Gasteiger partial charge >= 0.3 is 0 Å². The maximum atomic E-state index is 4.43. The maximum Gasteiger partial charge on any atom is 0.0779 e. The van der Waals surface area contributed by atoms with E-state index in [-0.39, 0.29) is 0 Å². The normalized spacial score (nSPS) is 9.00. The Bertz CT molecular complexity index is 157. The largest absolute Gasteiger partial charge is 0.215 e. The summed E-state index contributed by atoms with van der Waals surface area (Å²) in [6, 6.07) is 2.03. The van der Waals surface area contributed by atoms with Gasteiger partial charge in [-0.3, -0.25) is 0 Å². The van der Waals surface area contributed by atoms with E-state index in [1.54, 1.807) is 11.3 Å². The van der Waals surface area contributed by atoms with Crippen molar-refractivity contribution in [2.45, 2.75) is 6.54 Å². The predicted octanol–water partition coefficient (Wildman–Crippen LogP) is 1.98. The Morgan fingerprint density at radius 3 is 3.12 bits per heavy atom. The minimum atomic E-state index is 0.679. The van der Waals surface area contributed by atoms with E-state index in [2.05, 4.69) is 22.2 Å². The molecule has 3 heteroatoms. The fourth-order valence-corrected chi connectivity index (χ4v) is 1.27. The molecule has 0 amide bonds. The third-order valence-electron chi connectivity index (χ3n) is 0.827. The predicted molar refractivity (Wildman–Crippen MR) is 37.8 cm³/mol. The van der Waals surface area contributed by atoms with Crippen molar-refractivity contribution in [3.8, 4) is 0 Å². The molecule has 1 rings (SSSR count). The standard InChI is InChI=1S/C5H5NS2/c7-6-3-5-1-2-8-4-5/h1-2,4H,3H2. The van der Waals surface area contributed by atoms with E-state index in [4.69, 9.17) is 0 Å². The molecule has 1 aromatic heterocycles. The Kier molecular flexibility index (Phi) is 2.11. The Balaban J connectivity index is 2.62. The Morgan fingerprint density at radius 2 is 2.62 bits per heavy atom. The van der Waals surface area contributed by atoms with Gasteiger partial charge in [0.2, 0.25) is 0 Å². The second-order valence-corrected chi connectivity index (χ2v) is 2.46. The smallest absolute Gasteiger partial charge is 0.0779 e. The lowest BCUT2D eigenvalue weighted by Crippen LogP contribution is -1.69. The highest BCUT2D eigenvalue weighted by molar-refractivity contribution is 7.47. The van der Waals surface area contributed by atoms with Crippen molar-refractivity contribution in [3.63, 3.8) is 0 Å². The van der Waals surface area contributed by atoms with Gasteiger partial charge in [-0.2, -0.15) is 11.3 Å². The molecule has 0 unspecified atom stereocenters. The van der Waals surface area contributed by atoms with Crippen LogP contribution in [0, 0.1) is 0 Å². The van der Waals surface area contributed by atoms with Crippen molar-refractivity contribution in [1.29, 1.82) is 0 Å². The zero-order valence-electron chi connectivity index (χ0n) is 4.20. The van der Waals surface area contributed by atoms with Crippen molar-refractivity contribution < 1.29 is 0 Å². The van der Waals surface area contributed by atoms with E-state index < -0.39 is 0 Å². The van der Waals surface area contributed by atoms with Crippen LogP contribution in [0.1, 0.15) is 5.56 Å². The second-order valence-electron chi connectivity index (χ2n) is 1.42. The molecule has 1 heterocycles. The molecule has 0 N–H and O–H groups in total. The molecular weight excluding hydrogens is 138 g/mol. The number of thiophene rings is 1. The third-order valence-corrected chi connectivity index (χ3v) is 1.69. The lowest BCUT2D eigenvalue weighted by Gasteiger charge is -1.80. The number of nitrogens with zero attached hydrogens (tertiary/aromatic N) is 1. The average molecular weight is 143 g/mol. The summed E-state index contributed by atoms with van der Waals surface area (Å²) < 4.78 is 3.57. The van der Waals surface area contributed by atoms with Gasteiger partial charge in [-0.25, -0.2) is 4.36 Å². The lowest BCUT2D eigenvalue weighted by molar-refractivity contribution is 1.11. The van der Waals surface area contributed by atoms with Crippen LogP contribution in [-0.4, -0.2) is 0 Å². The van der Waals surface area contributed by atoms with Gasteiger partial charge in [-0.15, -0.1) is 0 Å². The fraction of sp³-hybridized carbons (Fsp3) is 0.200. The quantitative estimate of drug-likeness (QED) is 0.616. The van der Waals surface area contributed by atoms with Crippen LogP contribution in [0.15, 0.2) is 21.2 Å². The molecule has 0 saturated heterocycles. The third kappa shape index (κ3) is 1.35. The minimum absolute atomic E-state index is 0.679. The van der Waals surface area contributed by atoms with Crippen molar-refractivity contribution in [1.82, 2.24) is 0 Å². The van der Waals surface area contributed by atoms with Crippen molar-refractivity contribution >= 4 is 23.8 Å². The summed E-state index contributed by atoms with van der Waals surface area (Å²) in [4.78, 5) is 0. The van der Waals surface area contributed by atoms with Crippen LogP contribution in [0.4, 0.5) is 0 Å². The topological polar surface area (TPSA) is 12.4 Å². The maximum absolute atomic E-state index is 4.43. The van der Waals surface area contributed by atoms with Gasteiger partial charge in [0.25, 0.3) is 0 Å². The van der Waals surface area contributed by atoms with Crippen LogP contribution in [0.3, 0.4) is 0 Å². The molecule has 42 valence electrons. The zero-order chi connectivity index (χ0) is 5.82. The molecule has 0 fully saturated rings. The highest BCUT2D eigenvalue weighted by Crippen LogP contribution is 2.05. The van der Waals surface area contributed by atoms with Crippen LogP contribution >= 0.6 is 11.3 Å². The Labute approximate surface area is 57.5 Å². The molecule has 8 heavy (non-hydrogen) atoms. The average Bonchev–Trinajstić information content (AvgIpc) is 2.19. The van der Waals surface area contributed by atoms with Crippen LogP contribution in [0.2, 0.25) is 0 Å². The molecule has 0 aliphatic rings. The summed E-state index contributed by atoms with van der Waals surface area (Å²) in [5.41, 5.74) is 1.21. The van der Waals surface area contributed by atoms with Crippen molar-refractivity contribution in [2.75, 3.05) is 0 Å². The van der Waals surface area contributed by atoms with E-state index in [1.165, 1.54) is 5.56 Å². The minimum Gasteiger partial charge on any atom is -0.215 e. The van der Waals surface area contributed by atoms with Crippen LogP contribution in [-0.2, 0) is 19.0 Å². The van der Waals surface area contributed by atoms with E-state index in [0.717, 1.165) is 0 Å². The molecule has 1 nitrogen and oxygen atoms in total. The Hall–Kier alpha value is -0.280.